The Morgan fingerprint density at radius 3 is 3.13 bits per heavy atom. The molecule has 1 aliphatic rings. The van der Waals surface area contributed by atoms with Crippen molar-refractivity contribution in [3.05, 3.63) is 15.6 Å². The molecular formula is C9H13IN4O. The van der Waals surface area contributed by atoms with Gasteiger partial charge in [0.2, 0.25) is 0 Å². The monoisotopic (exact) mass is 320 g/mol. The lowest BCUT2D eigenvalue weighted by atomic mass is 10.2. The Kier molecular flexibility index (Phi) is 3.37. The maximum atomic E-state index is 5.73. The van der Waals surface area contributed by atoms with E-state index in [4.69, 9.17) is 10.5 Å². The van der Waals surface area contributed by atoms with Crippen LogP contribution < -0.4 is 5.73 Å². The van der Waals surface area contributed by atoms with Crippen LogP contribution in [0.25, 0.3) is 0 Å². The van der Waals surface area contributed by atoms with Gasteiger partial charge in [-0.2, -0.15) is 0 Å². The van der Waals surface area contributed by atoms with Crippen molar-refractivity contribution in [1.82, 2.24) is 14.9 Å². The highest BCUT2D eigenvalue weighted by molar-refractivity contribution is 14.1. The number of halogens is 1. The zero-order chi connectivity index (χ0) is 10.8. The molecule has 1 unspecified atom stereocenters. The molecule has 0 aliphatic carbocycles. The van der Waals surface area contributed by atoms with Crippen molar-refractivity contribution in [3.8, 4) is 0 Å². The zero-order valence-electron chi connectivity index (χ0n) is 8.48. The van der Waals surface area contributed by atoms with Crippen molar-refractivity contribution in [2.24, 2.45) is 0 Å². The summed E-state index contributed by atoms with van der Waals surface area (Å²) in [6.45, 7) is 2.49. The maximum Gasteiger partial charge on any atom is 0.160 e. The minimum Gasteiger partial charge on any atom is -0.383 e. The fourth-order valence-corrected chi connectivity index (χ4v) is 1.74. The maximum absolute atomic E-state index is 5.73. The summed E-state index contributed by atoms with van der Waals surface area (Å²) >= 11 is 2.11. The van der Waals surface area contributed by atoms with E-state index in [2.05, 4.69) is 44.5 Å². The van der Waals surface area contributed by atoms with E-state index >= 15 is 0 Å². The van der Waals surface area contributed by atoms with E-state index in [0.717, 1.165) is 23.3 Å². The molecule has 0 saturated carbocycles. The van der Waals surface area contributed by atoms with Gasteiger partial charge in [-0.1, -0.05) is 0 Å². The second-order valence-corrected chi connectivity index (χ2v) is 4.75. The van der Waals surface area contributed by atoms with Crippen molar-refractivity contribution in [2.75, 3.05) is 32.5 Å². The van der Waals surface area contributed by atoms with E-state index in [-0.39, 0.29) is 6.10 Å². The SMILES string of the molecule is CN1CCOC(c2ncc(I)c(N)n2)C1. The molecule has 0 amide bonds. The van der Waals surface area contributed by atoms with Crippen LogP contribution >= 0.6 is 22.6 Å². The summed E-state index contributed by atoms with van der Waals surface area (Å²) in [5.74, 6) is 1.21. The largest absolute Gasteiger partial charge is 0.383 e. The van der Waals surface area contributed by atoms with Gasteiger partial charge in [0, 0.05) is 19.3 Å². The molecule has 1 aliphatic heterocycles. The number of rotatable bonds is 1. The molecule has 0 spiro atoms. The number of ether oxygens (including phenoxy) is 1. The van der Waals surface area contributed by atoms with Crippen molar-refractivity contribution >= 4 is 28.4 Å². The highest BCUT2D eigenvalue weighted by Gasteiger charge is 2.22. The van der Waals surface area contributed by atoms with Crippen LogP contribution in [0.2, 0.25) is 0 Å². The molecule has 82 valence electrons. The highest BCUT2D eigenvalue weighted by atomic mass is 127. The summed E-state index contributed by atoms with van der Waals surface area (Å²) in [4.78, 5) is 10.7. The Morgan fingerprint density at radius 2 is 2.47 bits per heavy atom. The molecule has 15 heavy (non-hydrogen) atoms. The third kappa shape index (κ3) is 2.56. The Hall–Kier alpha value is -0.470. The lowest BCUT2D eigenvalue weighted by Gasteiger charge is -2.29. The van der Waals surface area contributed by atoms with Gasteiger partial charge in [-0.05, 0) is 29.6 Å². The summed E-state index contributed by atoms with van der Waals surface area (Å²) < 4.78 is 6.48. The van der Waals surface area contributed by atoms with E-state index in [0.29, 0.717) is 11.6 Å². The highest BCUT2D eigenvalue weighted by Crippen LogP contribution is 2.20. The van der Waals surface area contributed by atoms with Crippen LogP contribution in [-0.2, 0) is 4.74 Å². The number of anilines is 1. The standard InChI is InChI=1S/C9H13IN4O/c1-14-2-3-15-7(5-14)9-12-4-6(10)8(11)13-9/h4,7H,2-3,5H2,1H3,(H2,11,12,13). The Labute approximate surface area is 102 Å². The first kappa shape index (κ1) is 11.0. The number of hydrogen-bond donors (Lipinski definition) is 1. The third-order valence-electron chi connectivity index (χ3n) is 2.35. The van der Waals surface area contributed by atoms with Crippen LogP contribution in [0.5, 0.6) is 0 Å². The molecule has 1 saturated heterocycles. The predicted molar refractivity (Wildman–Crippen MR) is 65.4 cm³/mol. The van der Waals surface area contributed by atoms with Gasteiger partial charge in [-0.15, -0.1) is 0 Å². The lowest BCUT2D eigenvalue weighted by Crippen LogP contribution is -2.36. The molecule has 0 aromatic carbocycles. The van der Waals surface area contributed by atoms with Gasteiger partial charge in [-0.25, -0.2) is 9.97 Å². The van der Waals surface area contributed by atoms with E-state index in [1.54, 1.807) is 6.20 Å². The molecule has 1 aromatic heterocycles. The van der Waals surface area contributed by atoms with E-state index < -0.39 is 0 Å². The summed E-state index contributed by atoms with van der Waals surface area (Å²) in [5, 5.41) is 0. The Bertz CT molecular complexity index is 360. The summed E-state index contributed by atoms with van der Waals surface area (Å²) in [7, 11) is 2.06. The third-order valence-corrected chi connectivity index (χ3v) is 3.18. The number of morpholine rings is 1. The minimum atomic E-state index is -0.0527. The molecule has 5 nitrogen and oxygen atoms in total. The Balaban J connectivity index is 2.18. The molecule has 0 radical (unpaired) electrons. The van der Waals surface area contributed by atoms with Gasteiger partial charge in [-0.3, -0.25) is 0 Å². The molecule has 2 rings (SSSR count). The summed E-state index contributed by atoms with van der Waals surface area (Å²) in [6.07, 6.45) is 1.68. The smallest absolute Gasteiger partial charge is 0.160 e. The number of likely N-dealkylation sites (N-methyl/N-ethyl adjacent to an activating group) is 1. The van der Waals surface area contributed by atoms with Crippen molar-refractivity contribution in [2.45, 2.75) is 6.10 Å². The van der Waals surface area contributed by atoms with Gasteiger partial charge in [0.1, 0.15) is 11.9 Å². The van der Waals surface area contributed by atoms with Crippen molar-refractivity contribution in [3.63, 3.8) is 0 Å². The van der Waals surface area contributed by atoms with Crippen LogP contribution in [0.3, 0.4) is 0 Å². The lowest BCUT2D eigenvalue weighted by molar-refractivity contribution is -0.0254. The van der Waals surface area contributed by atoms with Gasteiger partial charge in [0.25, 0.3) is 0 Å². The molecular weight excluding hydrogens is 307 g/mol. The second-order valence-electron chi connectivity index (χ2n) is 3.58. The Morgan fingerprint density at radius 1 is 1.67 bits per heavy atom. The van der Waals surface area contributed by atoms with E-state index in [1.165, 1.54) is 0 Å². The van der Waals surface area contributed by atoms with E-state index in [9.17, 15) is 0 Å². The molecule has 6 heteroatoms. The molecule has 1 atom stereocenters. The molecule has 1 aromatic rings. The number of hydrogen-bond acceptors (Lipinski definition) is 5. The quantitative estimate of drug-likeness (QED) is 0.771. The van der Waals surface area contributed by atoms with Crippen LogP contribution in [-0.4, -0.2) is 41.6 Å². The van der Waals surface area contributed by atoms with Gasteiger partial charge < -0.3 is 15.4 Å². The van der Waals surface area contributed by atoms with Gasteiger partial charge in [0.05, 0.1) is 10.2 Å². The number of aromatic nitrogens is 2. The number of nitrogens with two attached hydrogens (primary N) is 1. The van der Waals surface area contributed by atoms with Crippen molar-refractivity contribution in [1.29, 1.82) is 0 Å². The topological polar surface area (TPSA) is 64.3 Å². The zero-order valence-corrected chi connectivity index (χ0v) is 10.6. The average molecular weight is 320 g/mol. The van der Waals surface area contributed by atoms with Gasteiger partial charge >= 0.3 is 0 Å². The number of nitrogens with zero attached hydrogens (tertiary/aromatic N) is 3. The molecule has 1 fully saturated rings. The summed E-state index contributed by atoms with van der Waals surface area (Å²) in [6, 6.07) is 0. The first-order chi connectivity index (χ1) is 7.16. The summed E-state index contributed by atoms with van der Waals surface area (Å²) in [5.41, 5.74) is 5.73. The van der Waals surface area contributed by atoms with Crippen LogP contribution in [0.15, 0.2) is 6.20 Å². The van der Waals surface area contributed by atoms with E-state index in [1.807, 2.05) is 0 Å². The fraction of sp³-hybridized carbons (Fsp3) is 0.556. The second kappa shape index (κ2) is 4.58. The van der Waals surface area contributed by atoms with Crippen LogP contribution in [0, 0.1) is 3.57 Å². The van der Waals surface area contributed by atoms with Crippen LogP contribution in [0.1, 0.15) is 11.9 Å². The molecule has 0 bridgehead atoms. The number of nitrogen functional groups attached to an aromatic ring is 1. The van der Waals surface area contributed by atoms with Crippen LogP contribution in [0.4, 0.5) is 5.82 Å². The fourth-order valence-electron chi connectivity index (χ4n) is 1.48. The first-order valence-electron chi connectivity index (χ1n) is 4.75. The molecule has 2 heterocycles. The van der Waals surface area contributed by atoms with Gasteiger partial charge in [0.15, 0.2) is 5.82 Å². The minimum absolute atomic E-state index is 0.0527. The first-order valence-corrected chi connectivity index (χ1v) is 5.83. The predicted octanol–water partition coefficient (Wildman–Crippen LogP) is 0.666. The molecule has 2 N–H and O–H groups in total. The average Bonchev–Trinajstić information content (AvgIpc) is 2.22. The normalized spacial score (nSPS) is 22.9. The van der Waals surface area contributed by atoms with Crippen molar-refractivity contribution < 1.29 is 4.74 Å².